The normalized spacial score (nSPS) is 22.3. The molecule has 0 aromatic heterocycles. The molecule has 0 aliphatic heterocycles. The zero-order valence-electron chi connectivity index (χ0n) is 35.6. The number of nitriles is 4. The lowest BCUT2D eigenvalue weighted by Crippen LogP contribution is -2.60. The Morgan fingerprint density at radius 1 is 0.695 bits per heavy atom. The van der Waals surface area contributed by atoms with Crippen LogP contribution in [0.1, 0.15) is 135 Å². The van der Waals surface area contributed by atoms with Gasteiger partial charge in [0, 0.05) is 41.1 Å². The van der Waals surface area contributed by atoms with Crippen molar-refractivity contribution in [1.29, 1.82) is 21.0 Å². The van der Waals surface area contributed by atoms with Crippen molar-refractivity contribution in [2.75, 3.05) is 22.9 Å². The first-order chi connectivity index (χ1) is 28.6. The van der Waals surface area contributed by atoms with Crippen LogP contribution in [-0.4, -0.2) is 36.5 Å². The molecule has 5 aliphatic rings. The minimum absolute atomic E-state index is 0.221. The molecule has 59 heavy (non-hydrogen) atoms. The van der Waals surface area contributed by atoms with Crippen LogP contribution in [0.25, 0.3) is 11.1 Å². The number of nitrogens with one attached hydrogen (secondary N) is 1. The lowest BCUT2D eigenvalue weighted by molar-refractivity contribution is -0.131. The summed E-state index contributed by atoms with van der Waals surface area (Å²) in [5.41, 5.74) is 2.24. The van der Waals surface area contributed by atoms with E-state index in [2.05, 4.69) is 37.9 Å². The summed E-state index contributed by atoms with van der Waals surface area (Å²) in [7, 11) is 0. The molecule has 9 nitrogen and oxygen atoms in total. The van der Waals surface area contributed by atoms with E-state index in [0.717, 1.165) is 76.6 Å². The summed E-state index contributed by atoms with van der Waals surface area (Å²) in [5.74, 6) is 1.99. The number of allylic oxidation sites excluding steroid dienone is 2. The Labute approximate surface area is 352 Å². The molecule has 0 spiro atoms. The van der Waals surface area contributed by atoms with Crippen LogP contribution in [-0.2, 0) is 9.59 Å². The van der Waals surface area contributed by atoms with Crippen molar-refractivity contribution >= 4 is 34.3 Å². The highest BCUT2D eigenvalue weighted by Gasteiger charge is 2.52. The second kappa shape index (κ2) is 19.6. The number of hydrogen-bond donors (Lipinski definition) is 1. The summed E-state index contributed by atoms with van der Waals surface area (Å²) < 4.78 is 0. The van der Waals surface area contributed by atoms with Gasteiger partial charge in [-0.25, -0.2) is 0 Å². The summed E-state index contributed by atoms with van der Waals surface area (Å²) in [5, 5.41) is 44.7. The minimum Gasteiger partial charge on any atom is -0.371 e. The van der Waals surface area contributed by atoms with Gasteiger partial charge in [0.05, 0.1) is 6.04 Å². The maximum absolute atomic E-state index is 15.0. The molecule has 2 atom stereocenters. The number of rotatable bonds is 18. The number of amides is 2. The van der Waals surface area contributed by atoms with E-state index in [-0.39, 0.29) is 33.7 Å². The van der Waals surface area contributed by atoms with Crippen molar-refractivity contribution in [3.05, 3.63) is 70.8 Å². The molecule has 5 aliphatic carbocycles. The van der Waals surface area contributed by atoms with Gasteiger partial charge in [0.2, 0.25) is 11.8 Å². The maximum atomic E-state index is 15.0. The number of fused-ring (bicyclic) bond motifs is 1. The molecule has 4 fully saturated rings. The van der Waals surface area contributed by atoms with Crippen molar-refractivity contribution in [1.82, 2.24) is 5.32 Å². The van der Waals surface area contributed by atoms with E-state index in [1.807, 2.05) is 48.5 Å². The topological polar surface area (TPSA) is 148 Å². The molecule has 0 heterocycles. The summed E-state index contributed by atoms with van der Waals surface area (Å²) in [6, 6.07) is 21.8. The van der Waals surface area contributed by atoms with E-state index < -0.39 is 18.4 Å². The Bertz CT molecular complexity index is 1930. The third-order valence-electron chi connectivity index (χ3n) is 13.9. The van der Waals surface area contributed by atoms with Gasteiger partial charge in [0.15, 0.2) is 0 Å². The van der Waals surface area contributed by atoms with E-state index in [9.17, 15) is 25.8 Å². The molecule has 1 N–H and O–H groups in total. The molecule has 308 valence electrons. The van der Waals surface area contributed by atoms with Crippen LogP contribution in [0.3, 0.4) is 0 Å². The summed E-state index contributed by atoms with van der Waals surface area (Å²) in [4.78, 5) is 33.1. The molecule has 7 rings (SSSR count). The quantitative estimate of drug-likeness (QED) is 0.117. The summed E-state index contributed by atoms with van der Waals surface area (Å²) in [6.07, 6.45) is 15.2. The highest BCUT2D eigenvalue weighted by molar-refractivity contribution is 6.13. The number of unbranched alkanes of at least 4 members (excludes halogenated alkanes) is 2. The fraction of sp³-hybridized carbons (Fsp3) is 0.560. The van der Waals surface area contributed by atoms with Crippen molar-refractivity contribution in [2.45, 2.75) is 136 Å². The van der Waals surface area contributed by atoms with Crippen molar-refractivity contribution in [2.24, 2.45) is 29.6 Å². The first-order valence-electron chi connectivity index (χ1n) is 22.3. The van der Waals surface area contributed by atoms with Crippen molar-refractivity contribution in [3.8, 4) is 24.3 Å². The molecule has 2 unspecified atom stereocenters. The van der Waals surface area contributed by atoms with Crippen LogP contribution >= 0.6 is 0 Å². The van der Waals surface area contributed by atoms with Crippen LogP contribution in [0.4, 0.5) is 11.4 Å². The Hall–Kier alpha value is -5.38. The zero-order chi connectivity index (χ0) is 42.1. The summed E-state index contributed by atoms with van der Waals surface area (Å²) in [6.45, 7) is 10.8. The van der Waals surface area contributed by atoms with E-state index in [0.29, 0.717) is 46.4 Å². The summed E-state index contributed by atoms with van der Waals surface area (Å²) >= 11 is 0. The lowest BCUT2D eigenvalue weighted by Gasteiger charge is -2.56. The van der Waals surface area contributed by atoms with Gasteiger partial charge in [-0.15, -0.1) is 0 Å². The van der Waals surface area contributed by atoms with E-state index in [1.54, 1.807) is 24.3 Å². The van der Waals surface area contributed by atoms with Gasteiger partial charge < -0.3 is 15.1 Å². The molecule has 0 saturated heterocycles. The van der Waals surface area contributed by atoms with Gasteiger partial charge in [0.1, 0.15) is 41.8 Å². The third-order valence-corrected chi connectivity index (χ3v) is 13.9. The number of benzene rings is 2. The molecular formula is C50H61N7O2. The predicted octanol–water partition coefficient (Wildman–Crippen LogP) is 10.4. The van der Waals surface area contributed by atoms with Crippen LogP contribution in [0.2, 0.25) is 0 Å². The van der Waals surface area contributed by atoms with Gasteiger partial charge in [0.25, 0.3) is 0 Å². The highest BCUT2D eigenvalue weighted by Crippen LogP contribution is 2.56. The molecule has 9 heteroatoms. The number of nitrogens with zero attached hydrogens (tertiary/aromatic N) is 6. The average Bonchev–Trinajstić information content (AvgIpc) is 3.54. The predicted molar refractivity (Wildman–Crippen MR) is 233 cm³/mol. The number of carbonyl (C=O) groups is 2. The van der Waals surface area contributed by atoms with Crippen molar-refractivity contribution < 1.29 is 9.59 Å². The standard InChI is InChI=1S/C50H61N7O2/c1-5-9-13-34(7-3)32-56(33-35(8-4)14-10-6-2)41-17-19-42(20-18-41)57(46(59)24-45(58)55-50-25-36-21-37(26-50)23-38(22-36)27-50)49-47(39(28-51)29-52)43-15-11-12-16-44(43)48(49)40(30-53)31-54/h11-12,15-20,34-38,49H,5-10,13-14,21-27,32-33H2,1-4H3,(H,55,58). The molecule has 2 aromatic rings. The van der Waals surface area contributed by atoms with Gasteiger partial charge in [-0.1, -0.05) is 90.5 Å². The van der Waals surface area contributed by atoms with Gasteiger partial charge in [-0.05, 0) is 116 Å². The maximum Gasteiger partial charge on any atom is 0.237 e. The molecule has 4 bridgehead atoms. The first kappa shape index (κ1) is 43.2. The third kappa shape index (κ3) is 9.42. The average molecular weight is 792 g/mol. The molecule has 4 saturated carbocycles. The fourth-order valence-corrected chi connectivity index (χ4v) is 11.3. The van der Waals surface area contributed by atoms with Gasteiger partial charge in [-0.3, -0.25) is 9.59 Å². The molecule has 2 amide bonds. The van der Waals surface area contributed by atoms with Gasteiger partial charge in [-0.2, -0.15) is 21.0 Å². The fourth-order valence-electron chi connectivity index (χ4n) is 11.3. The lowest BCUT2D eigenvalue weighted by atomic mass is 9.53. The van der Waals surface area contributed by atoms with Crippen LogP contribution in [0.15, 0.2) is 59.7 Å². The molecular weight excluding hydrogens is 731 g/mol. The van der Waals surface area contributed by atoms with Gasteiger partial charge >= 0.3 is 0 Å². The second-order valence-corrected chi connectivity index (χ2v) is 17.9. The SMILES string of the molecule is CCCCC(CC)CN(CC(CC)CCCC)c1ccc(N(C(=O)CC(=O)NC23CC4CC(CC(C4)C2)C3)C2C(=C(C#N)C#N)c3ccccc3C2=C(C#N)C#N)cc1. The Morgan fingerprint density at radius 3 is 1.54 bits per heavy atom. The number of anilines is 2. The highest BCUT2D eigenvalue weighted by atomic mass is 16.2. The van der Waals surface area contributed by atoms with E-state index in [1.165, 1.54) is 37.0 Å². The zero-order valence-corrected chi connectivity index (χ0v) is 35.6. The Morgan fingerprint density at radius 2 is 1.14 bits per heavy atom. The monoisotopic (exact) mass is 791 g/mol. The molecule has 0 radical (unpaired) electrons. The van der Waals surface area contributed by atoms with E-state index in [4.69, 9.17) is 0 Å². The van der Waals surface area contributed by atoms with Crippen LogP contribution in [0.5, 0.6) is 0 Å². The van der Waals surface area contributed by atoms with Crippen LogP contribution < -0.4 is 15.1 Å². The Kier molecular flexibility index (Phi) is 14.3. The number of hydrogen-bond acceptors (Lipinski definition) is 7. The van der Waals surface area contributed by atoms with Crippen LogP contribution in [0, 0.1) is 74.9 Å². The number of carbonyl (C=O) groups excluding carboxylic acids is 2. The first-order valence-corrected chi connectivity index (χ1v) is 22.3. The second-order valence-electron chi connectivity index (χ2n) is 17.9. The Balaban J connectivity index is 1.43. The minimum atomic E-state index is -1.17. The van der Waals surface area contributed by atoms with E-state index >= 15 is 4.79 Å². The smallest absolute Gasteiger partial charge is 0.237 e. The largest absolute Gasteiger partial charge is 0.371 e. The molecule has 2 aromatic carbocycles. The van der Waals surface area contributed by atoms with Crippen molar-refractivity contribution in [3.63, 3.8) is 0 Å².